The Morgan fingerprint density at radius 1 is 1.50 bits per heavy atom. The first-order valence-electron chi connectivity index (χ1n) is 5.82. The van der Waals surface area contributed by atoms with E-state index in [1.54, 1.807) is 4.68 Å². The van der Waals surface area contributed by atoms with Gasteiger partial charge in [0, 0.05) is 11.9 Å². The second-order valence-corrected chi connectivity index (χ2v) is 5.86. The summed E-state index contributed by atoms with van der Waals surface area (Å²) in [7, 11) is 1.83. The molecular weight excluding hydrogens is 268 g/mol. The fraction of sp³-hybridized carbons (Fsp3) is 0.385. The summed E-state index contributed by atoms with van der Waals surface area (Å²) in [6.07, 6.45) is 1.08. The molecule has 18 heavy (non-hydrogen) atoms. The minimum absolute atomic E-state index is 0.0978. The monoisotopic (exact) mass is 282 g/mol. The van der Waals surface area contributed by atoms with Crippen LogP contribution in [0.3, 0.4) is 0 Å². The van der Waals surface area contributed by atoms with E-state index >= 15 is 0 Å². The van der Waals surface area contributed by atoms with Crippen LogP contribution >= 0.6 is 22.9 Å². The third-order valence-corrected chi connectivity index (χ3v) is 4.32. The van der Waals surface area contributed by atoms with Gasteiger partial charge in [-0.15, -0.1) is 11.3 Å². The molecule has 0 radical (unpaired) electrons. The summed E-state index contributed by atoms with van der Waals surface area (Å²) in [6, 6.07) is 3.83. The van der Waals surface area contributed by atoms with Crippen molar-refractivity contribution in [2.45, 2.75) is 26.7 Å². The molecule has 0 aliphatic carbocycles. The third-order valence-electron chi connectivity index (χ3n) is 2.85. The van der Waals surface area contributed by atoms with E-state index in [4.69, 9.17) is 11.6 Å². The van der Waals surface area contributed by atoms with E-state index in [1.165, 1.54) is 11.3 Å². The molecule has 0 atom stereocenters. The molecule has 2 rings (SSSR count). The van der Waals surface area contributed by atoms with Gasteiger partial charge in [-0.05, 0) is 25.5 Å². The van der Waals surface area contributed by atoms with Gasteiger partial charge in [0.15, 0.2) is 5.78 Å². The van der Waals surface area contributed by atoms with E-state index in [0.29, 0.717) is 11.4 Å². The molecule has 0 fully saturated rings. The van der Waals surface area contributed by atoms with Gasteiger partial charge in [0.1, 0.15) is 0 Å². The summed E-state index contributed by atoms with van der Waals surface area (Å²) in [6.45, 7) is 4.00. The molecule has 0 amide bonds. The Labute approximate surface area is 115 Å². The number of ketones is 1. The lowest BCUT2D eigenvalue weighted by Gasteiger charge is -2.00. The number of nitrogens with zero attached hydrogens (tertiary/aromatic N) is 2. The molecule has 0 N–H and O–H groups in total. The number of halogens is 1. The van der Waals surface area contributed by atoms with Gasteiger partial charge < -0.3 is 0 Å². The van der Waals surface area contributed by atoms with Gasteiger partial charge in [0.2, 0.25) is 0 Å². The Morgan fingerprint density at radius 2 is 2.22 bits per heavy atom. The Kier molecular flexibility index (Phi) is 3.88. The van der Waals surface area contributed by atoms with E-state index in [1.807, 2.05) is 33.0 Å². The number of carbonyl (C=O) groups is 1. The van der Waals surface area contributed by atoms with Crippen LogP contribution in [-0.2, 0) is 19.9 Å². The van der Waals surface area contributed by atoms with Crippen LogP contribution in [0.5, 0.6) is 0 Å². The summed E-state index contributed by atoms with van der Waals surface area (Å²) in [4.78, 5) is 14.1. The minimum Gasteiger partial charge on any atom is -0.293 e. The number of carbonyl (C=O) groups excluding carboxylic acids is 1. The standard InChI is InChI=1S/C13H15ClN2OS/c1-4-9-13(14)10(16(3)15-9)7-11(17)12-6-5-8(2)18-12/h5-6H,4,7H2,1-3H3. The maximum Gasteiger partial charge on any atom is 0.178 e. The van der Waals surface area contributed by atoms with E-state index in [9.17, 15) is 4.79 Å². The predicted molar refractivity (Wildman–Crippen MR) is 74.7 cm³/mol. The normalized spacial score (nSPS) is 10.9. The van der Waals surface area contributed by atoms with E-state index in [2.05, 4.69) is 5.10 Å². The van der Waals surface area contributed by atoms with Crippen molar-refractivity contribution in [3.63, 3.8) is 0 Å². The molecule has 2 aromatic rings. The van der Waals surface area contributed by atoms with Crippen molar-refractivity contribution in [2.24, 2.45) is 7.05 Å². The number of aromatic nitrogens is 2. The average Bonchev–Trinajstić information content (AvgIpc) is 2.87. The van der Waals surface area contributed by atoms with Gasteiger partial charge in [0.25, 0.3) is 0 Å². The fourth-order valence-corrected chi connectivity index (χ4v) is 3.00. The molecule has 0 aromatic carbocycles. The maximum absolute atomic E-state index is 12.1. The van der Waals surface area contributed by atoms with Crippen LogP contribution in [0, 0.1) is 6.92 Å². The van der Waals surface area contributed by atoms with Gasteiger partial charge in [-0.2, -0.15) is 5.10 Å². The van der Waals surface area contributed by atoms with Crippen LogP contribution < -0.4 is 0 Å². The molecule has 0 unspecified atom stereocenters. The average molecular weight is 283 g/mol. The molecule has 0 saturated carbocycles. The number of rotatable bonds is 4. The molecule has 2 aromatic heterocycles. The van der Waals surface area contributed by atoms with Crippen molar-refractivity contribution in [1.29, 1.82) is 0 Å². The van der Waals surface area contributed by atoms with Crippen molar-refractivity contribution in [3.8, 4) is 0 Å². The zero-order chi connectivity index (χ0) is 13.3. The summed E-state index contributed by atoms with van der Waals surface area (Å²) >= 11 is 7.75. The van der Waals surface area contributed by atoms with Gasteiger partial charge in [0.05, 0.1) is 27.7 Å². The smallest absolute Gasteiger partial charge is 0.178 e. The largest absolute Gasteiger partial charge is 0.293 e. The highest BCUT2D eigenvalue weighted by Gasteiger charge is 2.17. The SMILES string of the molecule is CCc1nn(C)c(CC(=O)c2ccc(C)s2)c1Cl. The molecule has 0 aliphatic rings. The molecular formula is C13H15ClN2OS. The van der Waals surface area contributed by atoms with Crippen molar-refractivity contribution in [1.82, 2.24) is 9.78 Å². The molecule has 0 bridgehead atoms. The first-order valence-corrected chi connectivity index (χ1v) is 7.02. The predicted octanol–water partition coefficient (Wildman–Crippen LogP) is 3.43. The fourth-order valence-electron chi connectivity index (χ4n) is 1.84. The Hall–Kier alpha value is -1.13. The number of hydrogen-bond acceptors (Lipinski definition) is 3. The lowest BCUT2D eigenvalue weighted by Crippen LogP contribution is -2.06. The Bertz CT molecular complexity index is 586. The second kappa shape index (κ2) is 5.24. The van der Waals surface area contributed by atoms with Gasteiger partial charge in [-0.1, -0.05) is 18.5 Å². The highest BCUT2D eigenvalue weighted by atomic mass is 35.5. The number of Topliss-reactive ketones (excluding diaryl/α,β-unsaturated/α-hetero) is 1. The molecule has 0 spiro atoms. The van der Waals surface area contributed by atoms with E-state index < -0.39 is 0 Å². The topological polar surface area (TPSA) is 34.9 Å². The van der Waals surface area contributed by atoms with Crippen molar-refractivity contribution in [2.75, 3.05) is 0 Å². The van der Waals surface area contributed by atoms with Crippen LogP contribution in [0.4, 0.5) is 0 Å². The van der Waals surface area contributed by atoms with Gasteiger partial charge >= 0.3 is 0 Å². The highest BCUT2D eigenvalue weighted by Crippen LogP contribution is 2.24. The molecule has 3 nitrogen and oxygen atoms in total. The lowest BCUT2D eigenvalue weighted by molar-refractivity contribution is 0.0994. The molecule has 0 saturated heterocycles. The Morgan fingerprint density at radius 3 is 2.72 bits per heavy atom. The van der Waals surface area contributed by atoms with Crippen molar-refractivity contribution in [3.05, 3.63) is 38.3 Å². The molecule has 2 heterocycles. The highest BCUT2D eigenvalue weighted by molar-refractivity contribution is 7.14. The van der Waals surface area contributed by atoms with Crippen LogP contribution in [0.2, 0.25) is 5.02 Å². The van der Waals surface area contributed by atoms with Crippen LogP contribution in [0.15, 0.2) is 12.1 Å². The molecule has 0 aliphatic heterocycles. The van der Waals surface area contributed by atoms with Gasteiger partial charge in [-0.3, -0.25) is 9.48 Å². The summed E-state index contributed by atoms with van der Waals surface area (Å²) < 4.78 is 1.71. The van der Waals surface area contributed by atoms with E-state index in [-0.39, 0.29) is 5.78 Å². The number of hydrogen-bond donors (Lipinski definition) is 0. The van der Waals surface area contributed by atoms with Crippen molar-refractivity contribution < 1.29 is 4.79 Å². The van der Waals surface area contributed by atoms with E-state index in [0.717, 1.165) is 27.6 Å². The lowest BCUT2D eigenvalue weighted by atomic mass is 10.1. The zero-order valence-electron chi connectivity index (χ0n) is 10.7. The first-order chi connectivity index (χ1) is 8.52. The third kappa shape index (κ3) is 2.49. The maximum atomic E-state index is 12.1. The summed E-state index contributed by atoms with van der Waals surface area (Å²) in [5.41, 5.74) is 1.65. The van der Waals surface area contributed by atoms with Crippen molar-refractivity contribution >= 4 is 28.7 Å². The first kappa shape index (κ1) is 13.3. The second-order valence-electron chi connectivity index (χ2n) is 4.19. The number of thiophene rings is 1. The quantitative estimate of drug-likeness (QED) is 0.805. The molecule has 96 valence electrons. The minimum atomic E-state index is 0.0978. The van der Waals surface area contributed by atoms with Crippen LogP contribution in [-0.4, -0.2) is 15.6 Å². The summed E-state index contributed by atoms with van der Waals surface area (Å²) in [5, 5.41) is 4.94. The Balaban J connectivity index is 2.24. The van der Waals surface area contributed by atoms with Crippen LogP contribution in [0.1, 0.15) is 32.9 Å². The molecule has 5 heteroatoms. The van der Waals surface area contributed by atoms with Crippen LogP contribution in [0.25, 0.3) is 0 Å². The van der Waals surface area contributed by atoms with Gasteiger partial charge in [-0.25, -0.2) is 0 Å². The zero-order valence-corrected chi connectivity index (χ0v) is 12.2. The number of aryl methyl sites for hydroxylation is 3. The summed E-state index contributed by atoms with van der Waals surface area (Å²) in [5.74, 6) is 0.0978.